The molecule has 4 nitrogen and oxygen atoms in total. The van der Waals surface area contributed by atoms with E-state index in [2.05, 4.69) is 21.2 Å². The number of methoxy groups -OCH3 is 1. The van der Waals surface area contributed by atoms with Crippen molar-refractivity contribution >= 4 is 21.8 Å². The van der Waals surface area contributed by atoms with Crippen molar-refractivity contribution in [3.63, 3.8) is 0 Å². The number of amides is 1. The van der Waals surface area contributed by atoms with Crippen LogP contribution >= 0.6 is 15.9 Å². The highest BCUT2D eigenvalue weighted by Crippen LogP contribution is 2.41. The van der Waals surface area contributed by atoms with Crippen LogP contribution in [0.15, 0.2) is 46.9 Å². The molecular formula is C19H20BrNO3. The van der Waals surface area contributed by atoms with Crippen LogP contribution in [0.3, 0.4) is 0 Å². The van der Waals surface area contributed by atoms with Gasteiger partial charge in [-0.3, -0.25) is 4.79 Å². The first-order chi connectivity index (χ1) is 11.4. The SMILES string of the molecule is COc1ccc2c(c1)[C@H](NC(=O)c1ccc(Br)cc1)CC(C)(C)O2. The van der Waals surface area contributed by atoms with E-state index in [0.29, 0.717) is 12.0 Å². The zero-order valence-corrected chi connectivity index (χ0v) is 15.5. The van der Waals surface area contributed by atoms with Crippen LogP contribution in [0, 0.1) is 0 Å². The van der Waals surface area contributed by atoms with Crippen molar-refractivity contribution in [2.75, 3.05) is 7.11 Å². The van der Waals surface area contributed by atoms with Crippen molar-refractivity contribution < 1.29 is 14.3 Å². The van der Waals surface area contributed by atoms with Crippen LogP contribution in [-0.2, 0) is 0 Å². The maximum atomic E-state index is 12.6. The molecule has 0 radical (unpaired) electrons. The lowest BCUT2D eigenvalue weighted by molar-refractivity contribution is 0.0618. The van der Waals surface area contributed by atoms with E-state index in [1.807, 2.05) is 44.2 Å². The molecule has 0 aromatic heterocycles. The fraction of sp³-hybridized carbons (Fsp3) is 0.316. The molecule has 0 fully saturated rings. The Morgan fingerprint density at radius 2 is 1.96 bits per heavy atom. The van der Waals surface area contributed by atoms with Crippen molar-refractivity contribution in [3.05, 3.63) is 58.1 Å². The first-order valence-electron chi connectivity index (χ1n) is 7.81. The van der Waals surface area contributed by atoms with Crippen LogP contribution in [0.25, 0.3) is 0 Å². The number of benzene rings is 2. The fourth-order valence-electron chi connectivity index (χ4n) is 2.93. The molecule has 1 aliphatic rings. The summed E-state index contributed by atoms with van der Waals surface area (Å²) in [5.74, 6) is 1.44. The molecule has 3 rings (SSSR count). The summed E-state index contributed by atoms with van der Waals surface area (Å²) in [6.07, 6.45) is 0.690. The molecule has 0 aliphatic carbocycles. The molecule has 5 heteroatoms. The molecule has 1 N–H and O–H groups in total. The van der Waals surface area contributed by atoms with Gasteiger partial charge in [-0.2, -0.15) is 0 Å². The molecule has 1 aliphatic heterocycles. The van der Waals surface area contributed by atoms with Gasteiger partial charge in [-0.15, -0.1) is 0 Å². The van der Waals surface area contributed by atoms with Crippen LogP contribution in [0.1, 0.15) is 42.2 Å². The average Bonchev–Trinajstić information content (AvgIpc) is 2.54. The van der Waals surface area contributed by atoms with Crippen molar-refractivity contribution in [1.82, 2.24) is 5.32 Å². The van der Waals surface area contributed by atoms with Gasteiger partial charge in [0.1, 0.15) is 17.1 Å². The molecule has 2 aromatic rings. The number of ether oxygens (including phenoxy) is 2. The van der Waals surface area contributed by atoms with E-state index in [1.54, 1.807) is 19.2 Å². The van der Waals surface area contributed by atoms with E-state index >= 15 is 0 Å². The zero-order valence-electron chi connectivity index (χ0n) is 13.9. The lowest BCUT2D eigenvalue weighted by Gasteiger charge is -2.38. The number of halogens is 1. The van der Waals surface area contributed by atoms with Gasteiger partial charge in [-0.1, -0.05) is 15.9 Å². The molecule has 0 spiro atoms. The third-order valence-corrected chi connectivity index (χ3v) is 4.61. The molecule has 1 atom stereocenters. The summed E-state index contributed by atoms with van der Waals surface area (Å²) in [6, 6.07) is 12.9. The van der Waals surface area contributed by atoms with Gasteiger partial charge < -0.3 is 14.8 Å². The second kappa shape index (κ2) is 6.48. The minimum absolute atomic E-state index is 0.0982. The van der Waals surface area contributed by atoms with Crippen LogP contribution < -0.4 is 14.8 Å². The molecule has 2 aromatic carbocycles. The Labute approximate surface area is 150 Å². The summed E-state index contributed by atoms with van der Waals surface area (Å²) in [5.41, 5.74) is 1.23. The summed E-state index contributed by atoms with van der Waals surface area (Å²) >= 11 is 3.38. The predicted octanol–water partition coefficient (Wildman–Crippen LogP) is 4.49. The predicted molar refractivity (Wildman–Crippen MR) is 96.7 cm³/mol. The van der Waals surface area contributed by atoms with Crippen molar-refractivity contribution in [1.29, 1.82) is 0 Å². The number of hydrogen-bond donors (Lipinski definition) is 1. The number of hydrogen-bond acceptors (Lipinski definition) is 3. The summed E-state index contributed by atoms with van der Waals surface area (Å²) in [7, 11) is 1.63. The maximum absolute atomic E-state index is 12.6. The van der Waals surface area contributed by atoms with E-state index in [0.717, 1.165) is 21.5 Å². The molecule has 1 heterocycles. The Kier molecular flexibility index (Phi) is 4.54. The van der Waals surface area contributed by atoms with E-state index < -0.39 is 0 Å². The number of carbonyl (C=O) groups is 1. The van der Waals surface area contributed by atoms with E-state index in [-0.39, 0.29) is 17.6 Å². The second-order valence-electron chi connectivity index (χ2n) is 6.50. The molecular weight excluding hydrogens is 370 g/mol. The van der Waals surface area contributed by atoms with Crippen molar-refractivity contribution in [3.8, 4) is 11.5 Å². The fourth-order valence-corrected chi connectivity index (χ4v) is 3.20. The summed E-state index contributed by atoms with van der Waals surface area (Å²) in [6.45, 7) is 4.05. The Balaban J connectivity index is 1.89. The van der Waals surface area contributed by atoms with Gasteiger partial charge in [-0.25, -0.2) is 0 Å². The van der Waals surface area contributed by atoms with Gasteiger partial charge >= 0.3 is 0 Å². The molecule has 0 bridgehead atoms. The van der Waals surface area contributed by atoms with Gasteiger partial charge in [0.05, 0.1) is 13.2 Å². The van der Waals surface area contributed by atoms with Gasteiger partial charge in [-0.05, 0) is 56.3 Å². The van der Waals surface area contributed by atoms with Crippen molar-refractivity contribution in [2.45, 2.75) is 31.9 Å². The zero-order chi connectivity index (χ0) is 17.3. The smallest absolute Gasteiger partial charge is 0.251 e. The van der Waals surface area contributed by atoms with Crippen molar-refractivity contribution in [2.24, 2.45) is 0 Å². The Morgan fingerprint density at radius 1 is 1.25 bits per heavy atom. The highest BCUT2D eigenvalue weighted by molar-refractivity contribution is 9.10. The summed E-state index contributed by atoms with van der Waals surface area (Å²) in [5, 5.41) is 3.13. The monoisotopic (exact) mass is 389 g/mol. The molecule has 0 saturated heterocycles. The minimum atomic E-state index is -0.348. The topological polar surface area (TPSA) is 47.6 Å². The molecule has 1 amide bonds. The molecule has 0 saturated carbocycles. The number of carbonyl (C=O) groups excluding carboxylic acids is 1. The molecule has 126 valence electrons. The minimum Gasteiger partial charge on any atom is -0.497 e. The lowest BCUT2D eigenvalue weighted by atomic mass is 9.89. The Bertz CT molecular complexity index is 756. The van der Waals surface area contributed by atoms with Gasteiger partial charge in [0, 0.05) is 22.0 Å². The van der Waals surface area contributed by atoms with Crippen LogP contribution in [0.2, 0.25) is 0 Å². The van der Waals surface area contributed by atoms with E-state index in [4.69, 9.17) is 9.47 Å². The van der Waals surface area contributed by atoms with Gasteiger partial charge in [0.15, 0.2) is 0 Å². The third kappa shape index (κ3) is 3.56. The summed E-state index contributed by atoms with van der Waals surface area (Å²) in [4.78, 5) is 12.6. The first kappa shape index (κ1) is 16.8. The molecule has 0 unspecified atom stereocenters. The number of rotatable bonds is 3. The number of fused-ring (bicyclic) bond motifs is 1. The van der Waals surface area contributed by atoms with Gasteiger partial charge in [0.25, 0.3) is 5.91 Å². The maximum Gasteiger partial charge on any atom is 0.251 e. The first-order valence-corrected chi connectivity index (χ1v) is 8.61. The highest BCUT2D eigenvalue weighted by atomic mass is 79.9. The largest absolute Gasteiger partial charge is 0.497 e. The van der Waals surface area contributed by atoms with E-state index in [1.165, 1.54) is 0 Å². The van der Waals surface area contributed by atoms with Gasteiger partial charge in [0.2, 0.25) is 0 Å². The molecule has 24 heavy (non-hydrogen) atoms. The Morgan fingerprint density at radius 3 is 2.62 bits per heavy atom. The Hall–Kier alpha value is -2.01. The second-order valence-corrected chi connectivity index (χ2v) is 7.42. The lowest BCUT2D eigenvalue weighted by Crippen LogP contribution is -2.41. The van der Waals surface area contributed by atoms with Crippen LogP contribution in [0.4, 0.5) is 0 Å². The third-order valence-electron chi connectivity index (χ3n) is 4.09. The summed E-state index contributed by atoms with van der Waals surface area (Å²) < 4.78 is 12.3. The van der Waals surface area contributed by atoms with E-state index in [9.17, 15) is 4.79 Å². The highest BCUT2D eigenvalue weighted by Gasteiger charge is 2.35. The quantitative estimate of drug-likeness (QED) is 0.840. The normalized spacial score (nSPS) is 18.2. The average molecular weight is 390 g/mol. The standard InChI is InChI=1S/C19H20BrNO3/c1-19(2)11-16(15-10-14(23-3)8-9-17(15)24-19)21-18(22)12-4-6-13(20)7-5-12/h4-10,16H,11H2,1-3H3,(H,21,22)/t16-/m1/s1. The van der Waals surface area contributed by atoms with Crippen LogP contribution in [-0.4, -0.2) is 18.6 Å². The van der Waals surface area contributed by atoms with Crippen LogP contribution in [0.5, 0.6) is 11.5 Å². The number of nitrogens with one attached hydrogen (secondary N) is 1.